The number of nitrogens with one attached hydrogen (secondary N) is 1. The standard InChI is InChI=1S/C21H19N5O2/c27-20(24-18-4-1-2-5-19(18)26-15-22-14-23-26)12-9-16-7-10-17(11-8-16)25-13-3-6-21(25)28/h1-2,4-5,7-12,14-15H,3,6,13H2,(H,24,27)/b12-9+. The average Bonchev–Trinajstić information content (AvgIpc) is 3.39. The first-order valence-electron chi connectivity index (χ1n) is 9.04. The predicted molar refractivity (Wildman–Crippen MR) is 107 cm³/mol. The van der Waals surface area contributed by atoms with Crippen molar-refractivity contribution in [1.29, 1.82) is 0 Å². The summed E-state index contributed by atoms with van der Waals surface area (Å²) in [7, 11) is 0. The fourth-order valence-electron chi connectivity index (χ4n) is 3.14. The second kappa shape index (κ2) is 7.87. The molecular weight excluding hydrogens is 354 g/mol. The minimum atomic E-state index is -0.244. The molecule has 0 aliphatic carbocycles. The Morgan fingerprint density at radius 1 is 1.11 bits per heavy atom. The van der Waals surface area contributed by atoms with E-state index in [0.29, 0.717) is 12.1 Å². The van der Waals surface area contributed by atoms with Crippen LogP contribution in [0.25, 0.3) is 11.8 Å². The Hall–Kier alpha value is -3.74. The molecule has 2 amide bonds. The topological polar surface area (TPSA) is 80.1 Å². The number of carbonyl (C=O) groups excluding carboxylic acids is 2. The Kier molecular flexibility index (Phi) is 4.97. The number of benzene rings is 2. The summed E-state index contributed by atoms with van der Waals surface area (Å²) in [5.74, 6) is -0.0833. The maximum Gasteiger partial charge on any atom is 0.248 e. The Morgan fingerprint density at radius 3 is 2.64 bits per heavy atom. The van der Waals surface area contributed by atoms with Crippen LogP contribution in [0.2, 0.25) is 0 Å². The molecule has 1 N–H and O–H groups in total. The lowest BCUT2D eigenvalue weighted by Gasteiger charge is -2.15. The zero-order valence-corrected chi connectivity index (χ0v) is 15.2. The lowest BCUT2D eigenvalue weighted by molar-refractivity contribution is -0.117. The fraction of sp³-hybridized carbons (Fsp3) is 0.143. The molecule has 2 aromatic carbocycles. The molecule has 0 bridgehead atoms. The van der Waals surface area contributed by atoms with Crippen LogP contribution in [-0.4, -0.2) is 33.1 Å². The Morgan fingerprint density at radius 2 is 1.93 bits per heavy atom. The monoisotopic (exact) mass is 373 g/mol. The second-order valence-corrected chi connectivity index (χ2v) is 6.42. The molecule has 7 heteroatoms. The smallest absolute Gasteiger partial charge is 0.248 e. The quantitative estimate of drug-likeness (QED) is 0.697. The van der Waals surface area contributed by atoms with Gasteiger partial charge >= 0.3 is 0 Å². The van der Waals surface area contributed by atoms with Crippen LogP contribution in [-0.2, 0) is 9.59 Å². The van der Waals surface area contributed by atoms with Crippen LogP contribution in [0.1, 0.15) is 18.4 Å². The van der Waals surface area contributed by atoms with Crippen molar-refractivity contribution >= 4 is 29.3 Å². The van der Waals surface area contributed by atoms with E-state index in [1.807, 2.05) is 48.5 Å². The van der Waals surface area contributed by atoms with E-state index in [0.717, 1.165) is 29.9 Å². The van der Waals surface area contributed by atoms with Gasteiger partial charge in [-0.05, 0) is 42.3 Å². The number of carbonyl (C=O) groups is 2. The van der Waals surface area contributed by atoms with Crippen molar-refractivity contribution in [2.24, 2.45) is 0 Å². The first-order valence-corrected chi connectivity index (χ1v) is 9.04. The van der Waals surface area contributed by atoms with Crippen LogP contribution >= 0.6 is 0 Å². The zero-order chi connectivity index (χ0) is 19.3. The number of para-hydroxylation sites is 2. The summed E-state index contributed by atoms with van der Waals surface area (Å²) in [6.07, 6.45) is 7.75. The van der Waals surface area contributed by atoms with Crippen molar-refractivity contribution in [3.05, 3.63) is 72.8 Å². The van der Waals surface area contributed by atoms with Crippen LogP contribution in [0.4, 0.5) is 11.4 Å². The van der Waals surface area contributed by atoms with Gasteiger partial charge in [0.05, 0.1) is 11.4 Å². The van der Waals surface area contributed by atoms with Crippen LogP contribution in [0.5, 0.6) is 0 Å². The van der Waals surface area contributed by atoms with Crippen molar-refractivity contribution in [2.45, 2.75) is 12.8 Å². The lowest BCUT2D eigenvalue weighted by Crippen LogP contribution is -2.23. The molecule has 1 fully saturated rings. The van der Waals surface area contributed by atoms with Gasteiger partial charge in [0.15, 0.2) is 0 Å². The highest BCUT2D eigenvalue weighted by atomic mass is 16.2. The first-order chi connectivity index (χ1) is 13.7. The second-order valence-electron chi connectivity index (χ2n) is 6.42. The van der Waals surface area contributed by atoms with E-state index in [1.54, 1.807) is 22.0 Å². The van der Waals surface area contributed by atoms with Gasteiger partial charge in [0, 0.05) is 24.7 Å². The van der Waals surface area contributed by atoms with E-state index in [4.69, 9.17) is 0 Å². The number of rotatable bonds is 5. The van der Waals surface area contributed by atoms with Crippen LogP contribution < -0.4 is 10.2 Å². The Labute approximate surface area is 162 Å². The summed E-state index contributed by atoms with van der Waals surface area (Å²) in [6.45, 7) is 0.765. The summed E-state index contributed by atoms with van der Waals surface area (Å²) < 4.78 is 1.59. The molecule has 2 heterocycles. The summed E-state index contributed by atoms with van der Waals surface area (Å²) >= 11 is 0. The van der Waals surface area contributed by atoms with Crippen molar-refractivity contribution in [3.63, 3.8) is 0 Å². The molecule has 28 heavy (non-hydrogen) atoms. The molecule has 3 aromatic rings. The van der Waals surface area contributed by atoms with Crippen molar-refractivity contribution in [1.82, 2.24) is 14.8 Å². The molecule has 0 atom stereocenters. The summed E-state index contributed by atoms with van der Waals surface area (Å²) in [6, 6.07) is 15.0. The van der Waals surface area contributed by atoms with Gasteiger partial charge in [-0.3, -0.25) is 9.59 Å². The van der Waals surface area contributed by atoms with Crippen molar-refractivity contribution in [3.8, 4) is 5.69 Å². The minimum Gasteiger partial charge on any atom is -0.321 e. The minimum absolute atomic E-state index is 0.161. The van der Waals surface area contributed by atoms with E-state index < -0.39 is 0 Å². The van der Waals surface area contributed by atoms with Crippen LogP contribution in [0, 0.1) is 0 Å². The maximum absolute atomic E-state index is 12.3. The first kappa shape index (κ1) is 17.7. The van der Waals surface area contributed by atoms with E-state index >= 15 is 0 Å². The highest BCUT2D eigenvalue weighted by Crippen LogP contribution is 2.22. The number of anilines is 2. The summed E-state index contributed by atoms with van der Waals surface area (Å²) in [5.41, 5.74) is 3.16. The van der Waals surface area contributed by atoms with Gasteiger partial charge in [-0.2, -0.15) is 5.10 Å². The van der Waals surface area contributed by atoms with Gasteiger partial charge in [-0.15, -0.1) is 0 Å². The van der Waals surface area contributed by atoms with E-state index in [-0.39, 0.29) is 11.8 Å². The van der Waals surface area contributed by atoms with Gasteiger partial charge in [0.2, 0.25) is 11.8 Å². The summed E-state index contributed by atoms with van der Waals surface area (Å²) in [4.78, 5) is 29.9. The van der Waals surface area contributed by atoms with Gasteiger partial charge in [0.25, 0.3) is 0 Å². The molecule has 7 nitrogen and oxygen atoms in total. The third-order valence-corrected chi connectivity index (χ3v) is 4.53. The maximum atomic E-state index is 12.3. The normalized spacial score (nSPS) is 14.0. The van der Waals surface area contributed by atoms with Crippen molar-refractivity contribution < 1.29 is 9.59 Å². The van der Waals surface area contributed by atoms with Gasteiger partial charge in [0.1, 0.15) is 12.7 Å². The van der Waals surface area contributed by atoms with E-state index in [1.165, 1.54) is 12.4 Å². The molecule has 1 aliphatic heterocycles. The number of amides is 2. The molecule has 140 valence electrons. The van der Waals surface area contributed by atoms with Gasteiger partial charge in [-0.1, -0.05) is 24.3 Å². The largest absolute Gasteiger partial charge is 0.321 e. The molecule has 0 spiro atoms. The summed E-state index contributed by atoms with van der Waals surface area (Å²) in [5, 5.41) is 6.97. The SMILES string of the molecule is O=C(/C=C/c1ccc(N2CCCC2=O)cc1)Nc1ccccc1-n1cncn1. The zero-order valence-electron chi connectivity index (χ0n) is 15.2. The lowest BCUT2D eigenvalue weighted by atomic mass is 10.2. The van der Waals surface area contributed by atoms with Crippen LogP contribution in [0.3, 0.4) is 0 Å². The number of nitrogens with zero attached hydrogens (tertiary/aromatic N) is 4. The molecule has 4 rings (SSSR count). The molecule has 0 unspecified atom stereocenters. The number of hydrogen-bond donors (Lipinski definition) is 1. The van der Waals surface area contributed by atoms with Gasteiger partial charge in [-0.25, -0.2) is 9.67 Å². The molecule has 0 radical (unpaired) electrons. The molecular formula is C21H19N5O2. The molecule has 0 saturated carbocycles. The van der Waals surface area contributed by atoms with E-state index in [2.05, 4.69) is 15.4 Å². The number of aromatic nitrogens is 3. The van der Waals surface area contributed by atoms with Gasteiger partial charge < -0.3 is 10.2 Å². The average molecular weight is 373 g/mol. The third-order valence-electron chi connectivity index (χ3n) is 4.53. The molecule has 1 aromatic heterocycles. The highest BCUT2D eigenvalue weighted by molar-refractivity contribution is 6.03. The predicted octanol–water partition coefficient (Wildman–Crippen LogP) is 3.05. The fourth-order valence-corrected chi connectivity index (χ4v) is 3.14. The molecule has 1 aliphatic rings. The number of hydrogen-bond acceptors (Lipinski definition) is 4. The Bertz CT molecular complexity index is 1010. The molecule has 1 saturated heterocycles. The van der Waals surface area contributed by atoms with Crippen molar-refractivity contribution in [2.75, 3.05) is 16.8 Å². The van der Waals surface area contributed by atoms with Crippen LogP contribution in [0.15, 0.2) is 67.3 Å². The third kappa shape index (κ3) is 3.83. The Balaban J connectivity index is 1.43. The van der Waals surface area contributed by atoms with E-state index in [9.17, 15) is 9.59 Å². The highest BCUT2D eigenvalue weighted by Gasteiger charge is 2.21.